The number of aliphatic hydroxyl groups is 1. The van der Waals surface area contributed by atoms with E-state index in [-0.39, 0.29) is 6.61 Å². The Kier molecular flexibility index (Phi) is 6.00. The zero-order valence-electron chi connectivity index (χ0n) is 13.0. The lowest BCUT2D eigenvalue weighted by molar-refractivity contribution is 0.225. The van der Waals surface area contributed by atoms with Crippen LogP contribution in [0, 0.1) is 5.92 Å². The van der Waals surface area contributed by atoms with Crippen molar-refractivity contribution in [1.82, 2.24) is 4.98 Å². The zero-order chi connectivity index (χ0) is 15.1. The third kappa shape index (κ3) is 4.18. The SMILES string of the molecule is CCCCC(CC)COc1cc(CO)c2ccccc2n1. The second-order valence-corrected chi connectivity index (χ2v) is 5.52. The van der Waals surface area contributed by atoms with Crippen LogP contribution >= 0.6 is 0 Å². The minimum atomic E-state index is 0.00638. The molecule has 21 heavy (non-hydrogen) atoms. The van der Waals surface area contributed by atoms with Gasteiger partial charge in [0.15, 0.2) is 0 Å². The molecule has 0 saturated heterocycles. The molecule has 1 atom stereocenters. The van der Waals surface area contributed by atoms with E-state index in [1.54, 1.807) is 0 Å². The van der Waals surface area contributed by atoms with Gasteiger partial charge in [-0.15, -0.1) is 0 Å². The molecule has 1 aromatic carbocycles. The summed E-state index contributed by atoms with van der Waals surface area (Å²) in [7, 11) is 0. The highest BCUT2D eigenvalue weighted by Gasteiger charge is 2.10. The molecule has 0 amide bonds. The molecule has 1 N–H and O–H groups in total. The van der Waals surface area contributed by atoms with Crippen LogP contribution in [0.15, 0.2) is 30.3 Å². The molecular formula is C18H25NO2. The summed E-state index contributed by atoms with van der Waals surface area (Å²) in [5.41, 5.74) is 1.75. The van der Waals surface area contributed by atoms with Crippen LogP contribution in [0.1, 0.15) is 45.1 Å². The average Bonchev–Trinajstić information content (AvgIpc) is 2.54. The van der Waals surface area contributed by atoms with Crippen molar-refractivity contribution in [3.8, 4) is 5.88 Å². The quantitative estimate of drug-likeness (QED) is 0.786. The summed E-state index contributed by atoms with van der Waals surface area (Å²) >= 11 is 0. The first-order chi connectivity index (χ1) is 10.3. The number of aromatic nitrogens is 1. The fourth-order valence-corrected chi connectivity index (χ4v) is 2.53. The minimum Gasteiger partial charge on any atom is -0.477 e. The van der Waals surface area contributed by atoms with Crippen molar-refractivity contribution >= 4 is 10.9 Å². The van der Waals surface area contributed by atoms with Gasteiger partial charge in [0.05, 0.1) is 18.7 Å². The van der Waals surface area contributed by atoms with Gasteiger partial charge in [0.1, 0.15) is 0 Å². The van der Waals surface area contributed by atoms with E-state index in [9.17, 15) is 5.11 Å². The first-order valence-electron chi connectivity index (χ1n) is 7.90. The van der Waals surface area contributed by atoms with Crippen LogP contribution in [0.25, 0.3) is 10.9 Å². The molecular weight excluding hydrogens is 262 g/mol. The number of rotatable bonds is 8. The number of fused-ring (bicyclic) bond motifs is 1. The summed E-state index contributed by atoms with van der Waals surface area (Å²) in [6.07, 6.45) is 4.79. The maximum absolute atomic E-state index is 9.52. The maximum Gasteiger partial charge on any atom is 0.214 e. The van der Waals surface area contributed by atoms with Crippen LogP contribution in [0.4, 0.5) is 0 Å². The Labute approximate surface area is 127 Å². The number of para-hydroxylation sites is 1. The number of hydrogen-bond acceptors (Lipinski definition) is 3. The standard InChI is InChI=1S/C18H25NO2/c1-3-5-8-14(4-2)13-21-18-11-15(12-20)16-9-6-7-10-17(16)19-18/h6-7,9-11,14,20H,3-5,8,12-13H2,1-2H3. The Bertz CT molecular complexity index is 568. The van der Waals surface area contributed by atoms with Crippen LogP contribution in [0.3, 0.4) is 0 Å². The normalized spacial score (nSPS) is 12.5. The molecule has 1 heterocycles. The fourth-order valence-electron chi connectivity index (χ4n) is 2.53. The molecule has 0 aliphatic rings. The fraction of sp³-hybridized carbons (Fsp3) is 0.500. The molecule has 2 aromatic rings. The van der Waals surface area contributed by atoms with Crippen LogP contribution < -0.4 is 4.74 Å². The van der Waals surface area contributed by atoms with Gasteiger partial charge in [-0.2, -0.15) is 0 Å². The molecule has 0 bridgehead atoms. The Balaban J connectivity index is 2.11. The van der Waals surface area contributed by atoms with E-state index < -0.39 is 0 Å². The Morgan fingerprint density at radius 3 is 2.76 bits per heavy atom. The molecule has 0 spiro atoms. The molecule has 0 aliphatic carbocycles. The van der Waals surface area contributed by atoms with Gasteiger partial charge in [-0.1, -0.05) is 51.3 Å². The zero-order valence-corrected chi connectivity index (χ0v) is 13.0. The number of pyridine rings is 1. The van der Waals surface area contributed by atoms with Crippen LogP contribution in [0.2, 0.25) is 0 Å². The van der Waals surface area contributed by atoms with E-state index in [2.05, 4.69) is 18.8 Å². The predicted octanol–water partition coefficient (Wildman–Crippen LogP) is 4.32. The Morgan fingerprint density at radius 1 is 1.24 bits per heavy atom. The number of nitrogens with zero attached hydrogens (tertiary/aromatic N) is 1. The van der Waals surface area contributed by atoms with Gasteiger partial charge in [-0.25, -0.2) is 4.98 Å². The molecule has 114 valence electrons. The summed E-state index contributed by atoms with van der Waals surface area (Å²) in [6, 6.07) is 9.70. The van der Waals surface area contributed by atoms with E-state index in [0.29, 0.717) is 18.4 Å². The van der Waals surface area contributed by atoms with Crippen molar-refractivity contribution in [3.05, 3.63) is 35.9 Å². The van der Waals surface area contributed by atoms with Crippen molar-refractivity contribution in [2.24, 2.45) is 5.92 Å². The topological polar surface area (TPSA) is 42.4 Å². The van der Waals surface area contributed by atoms with Crippen molar-refractivity contribution in [2.75, 3.05) is 6.61 Å². The molecule has 0 saturated carbocycles. The smallest absolute Gasteiger partial charge is 0.214 e. The second-order valence-electron chi connectivity index (χ2n) is 5.52. The summed E-state index contributed by atoms with van der Waals surface area (Å²) in [5, 5.41) is 10.5. The molecule has 3 nitrogen and oxygen atoms in total. The molecule has 1 unspecified atom stereocenters. The van der Waals surface area contributed by atoms with Crippen LogP contribution in [-0.4, -0.2) is 16.7 Å². The van der Waals surface area contributed by atoms with E-state index in [1.807, 2.05) is 30.3 Å². The van der Waals surface area contributed by atoms with E-state index in [0.717, 1.165) is 22.9 Å². The van der Waals surface area contributed by atoms with Gasteiger partial charge in [0.25, 0.3) is 0 Å². The van der Waals surface area contributed by atoms with Gasteiger partial charge in [-0.3, -0.25) is 0 Å². The Morgan fingerprint density at radius 2 is 2.05 bits per heavy atom. The highest BCUT2D eigenvalue weighted by Crippen LogP contribution is 2.23. The lowest BCUT2D eigenvalue weighted by Gasteiger charge is -2.16. The molecule has 0 radical (unpaired) electrons. The lowest BCUT2D eigenvalue weighted by Crippen LogP contribution is -2.12. The first-order valence-corrected chi connectivity index (χ1v) is 7.90. The molecule has 0 aliphatic heterocycles. The van der Waals surface area contributed by atoms with Gasteiger partial charge in [0, 0.05) is 11.5 Å². The summed E-state index contributed by atoms with van der Waals surface area (Å²) in [5.74, 6) is 1.20. The number of ether oxygens (including phenoxy) is 1. The number of benzene rings is 1. The molecule has 3 heteroatoms. The van der Waals surface area contributed by atoms with Crippen molar-refractivity contribution < 1.29 is 9.84 Å². The molecule has 1 aromatic heterocycles. The predicted molar refractivity (Wildman–Crippen MR) is 86.5 cm³/mol. The number of hydrogen-bond donors (Lipinski definition) is 1. The van der Waals surface area contributed by atoms with Gasteiger partial charge < -0.3 is 9.84 Å². The van der Waals surface area contributed by atoms with Gasteiger partial charge >= 0.3 is 0 Å². The molecule has 2 rings (SSSR count). The van der Waals surface area contributed by atoms with Crippen LogP contribution in [0.5, 0.6) is 5.88 Å². The highest BCUT2D eigenvalue weighted by atomic mass is 16.5. The number of unbranched alkanes of at least 4 members (excludes halogenated alkanes) is 1. The average molecular weight is 287 g/mol. The summed E-state index contributed by atoms with van der Waals surface area (Å²) < 4.78 is 5.88. The van der Waals surface area contributed by atoms with Gasteiger partial charge in [-0.05, 0) is 24.0 Å². The maximum atomic E-state index is 9.52. The molecule has 0 fully saturated rings. The third-order valence-electron chi connectivity index (χ3n) is 3.96. The summed E-state index contributed by atoms with van der Waals surface area (Å²) in [6.45, 7) is 5.13. The Hall–Kier alpha value is -1.61. The van der Waals surface area contributed by atoms with Gasteiger partial charge in [0.2, 0.25) is 5.88 Å². The minimum absolute atomic E-state index is 0.00638. The van der Waals surface area contributed by atoms with Crippen molar-refractivity contribution in [1.29, 1.82) is 0 Å². The van der Waals surface area contributed by atoms with Crippen LogP contribution in [-0.2, 0) is 6.61 Å². The largest absolute Gasteiger partial charge is 0.477 e. The monoisotopic (exact) mass is 287 g/mol. The first kappa shape index (κ1) is 15.8. The summed E-state index contributed by atoms with van der Waals surface area (Å²) in [4.78, 5) is 4.54. The van der Waals surface area contributed by atoms with Crippen molar-refractivity contribution in [3.63, 3.8) is 0 Å². The third-order valence-corrected chi connectivity index (χ3v) is 3.96. The number of aliphatic hydroxyl groups excluding tert-OH is 1. The van der Waals surface area contributed by atoms with Crippen molar-refractivity contribution in [2.45, 2.75) is 46.1 Å². The second kappa shape index (κ2) is 7.99. The highest BCUT2D eigenvalue weighted by molar-refractivity contribution is 5.82. The van der Waals surface area contributed by atoms with E-state index >= 15 is 0 Å². The lowest BCUT2D eigenvalue weighted by atomic mass is 10.0. The van der Waals surface area contributed by atoms with E-state index in [4.69, 9.17) is 4.74 Å². The van der Waals surface area contributed by atoms with E-state index in [1.165, 1.54) is 19.3 Å².